The zero-order valence-corrected chi connectivity index (χ0v) is 11.2. The summed E-state index contributed by atoms with van der Waals surface area (Å²) >= 11 is 3.48. The SMILES string of the molecule is CNc1ccc(Br)c(OCc2ccccc2)c1. The largest absolute Gasteiger partial charge is 0.488 e. The molecule has 0 radical (unpaired) electrons. The smallest absolute Gasteiger partial charge is 0.136 e. The molecule has 2 aromatic carbocycles. The average Bonchev–Trinajstić information content (AvgIpc) is 2.39. The van der Waals surface area contributed by atoms with E-state index >= 15 is 0 Å². The Morgan fingerprint density at radius 3 is 2.59 bits per heavy atom. The Labute approximate surface area is 110 Å². The summed E-state index contributed by atoms with van der Waals surface area (Å²) in [6.45, 7) is 0.576. The van der Waals surface area contributed by atoms with Crippen LogP contribution < -0.4 is 10.1 Å². The van der Waals surface area contributed by atoms with Crippen LogP contribution >= 0.6 is 15.9 Å². The van der Waals surface area contributed by atoms with E-state index in [1.165, 1.54) is 0 Å². The molecule has 0 amide bonds. The Morgan fingerprint density at radius 1 is 1.12 bits per heavy atom. The van der Waals surface area contributed by atoms with Gasteiger partial charge in [-0.1, -0.05) is 30.3 Å². The van der Waals surface area contributed by atoms with Crippen LogP contribution in [-0.4, -0.2) is 7.05 Å². The number of halogens is 1. The molecular weight excluding hydrogens is 278 g/mol. The normalized spacial score (nSPS) is 10.0. The van der Waals surface area contributed by atoms with Crippen LogP contribution in [0.4, 0.5) is 5.69 Å². The van der Waals surface area contributed by atoms with E-state index in [1.54, 1.807) is 0 Å². The summed E-state index contributed by atoms with van der Waals surface area (Å²) in [5, 5.41) is 3.09. The fourth-order valence-corrected chi connectivity index (χ4v) is 1.87. The van der Waals surface area contributed by atoms with Crippen molar-refractivity contribution in [3.8, 4) is 5.75 Å². The molecule has 0 atom stereocenters. The van der Waals surface area contributed by atoms with Crippen molar-refractivity contribution in [3.05, 3.63) is 58.6 Å². The lowest BCUT2D eigenvalue weighted by Crippen LogP contribution is -1.97. The Balaban J connectivity index is 2.08. The summed E-state index contributed by atoms with van der Waals surface area (Å²) in [7, 11) is 1.89. The van der Waals surface area contributed by atoms with Crippen LogP contribution in [0.3, 0.4) is 0 Å². The third-order valence-electron chi connectivity index (χ3n) is 2.46. The molecule has 1 N–H and O–H groups in total. The molecule has 2 aromatic rings. The molecule has 3 heteroatoms. The van der Waals surface area contributed by atoms with E-state index in [0.717, 1.165) is 21.5 Å². The van der Waals surface area contributed by atoms with Gasteiger partial charge >= 0.3 is 0 Å². The summed E-state index contributed by atoms with van der Waals surface area (Å²) in [4.78, 5) is 0. The second kappa shape index (κ2) is 5.73. The van der Waals surface area contributed by atoms with Gasteiger partial charge in [-0.2, -0.15) is 0 Å². The molecule has 0 aliphatic heterocycles. The maximum Gasteiger partial charge on any atom is 0.136 e. The first-order valence-corrected chi connectivity index (χ1v) is 6.23. The van der Waals surface area contributed by atoms with Gasteiger partial charge in [0.1, 0.15) is 12.4 Å². The van der Waals surface area contributed by atoms with Gasteiger partial charge in [0.2, 0.25) is 0 Å². The average molecular weight is 292 g/mol. The molecule has 2 rings (SSSR count). The van der Waals surface area contributed by atoms with Crippen molar-refractivity contribution in [1.82, 2.24) is 0 Å². The number of benzene rings is 2. The third-order valence-corrected chi connectivity index (χ3v) is 3.11. The van der Waals surface area contributed by atoms with Gasteiger partial charge in [-0.25, -0.2) is 0 Å². The van der Waals surface area contributed by atoms with Gasteiger partial charge in [-0.05, 0) is 33.6 Å². The van der Waals surface area contributed by atoms with Crippen LogP contribution in [0.15, 0.2) is 53.0 Å². The summed E-state index contributed by atoms with van der Waals surface area (Å²) in [6.07, 6.45) is 0. The van der Waals surface area contributed by atoms with Crippen molar-refractivity contribution in [2.75, 3.05) is 12.4 Å². The molecule has 0 aliphatic carbocycles. The van der Waals surface area contributed by atoms with Gasteiger partial charge in [0, 0.05) is 18.8 Å². The number of nitrogens with one attached hydrogen (secondary N) is 1. The molecule has 0 bridgehead atoms. The molecule has 0 aromatic heterocycles. The lowest BCUT2D eigenvalue weighted by atomic mass is 10.2. The minimum Gasteiger partial charge on any atom is -0.488 e. The Hall–Kier alpha value is -1.48. The van der Waals surface area contributed by atoms with Crippen molar-refractivity contribution in [3.63, 3.8) is 0 Å². The zero-order valence-electron chi connectivity index (χ0n) is 9.61. The monoisotopic (exact) mass is 291 g/mol. The topological polar surface area (TPSA) is 21.3 Å². The quantitative estimate of drug-likeness (QED) is 0.917. The molecule has 0 unspecified atom stereocenters. The second-order valence-corrected chi connectivity index (χ2v) is 4.52. The van der Waals surface area contributed by atoms with E-state index in [-0.39, 0.29) is 0 Å². The van der Waals surface area contributed by atoms with Crippen LogP contribution in [0, 0.1) is 0 Å². The number of anilines is 1. The van der Waals surface area contributed by atoms with E-state index in [1.807, 2.05) is 43.4 Å². The van der Waals surface area contributed by atoms with Crippen LogP contribution in [0.25, 0.3) is 0 Å². The molecule has 0 saturated heterocycles. The van der Waals surface area contributed by atoms with E-state index in [9.17, 15) is 0 Å². The van der Waals surface area contributed by atoms with Gasteiger partial charge in [0.15, 0.2) is 0 Å². The summed E-state index contributed by atoms with van der Waals surface area (Å²) < 4.78 is 6.74. The number of hydrogen-bond acceptors (Lipinski definition) is 2. The highest BCUT2D eigenvalue weighted by atomic mass is 79.9. The predicted octanol–water partition coefficient (Wildman–Crippen LogP) is 4.07. The van der Waals surface area contributed by atoms with Crippen LogP contribution in [0.5, 0.6) is 5.75 Å². The van der Waals surface area contributed by atoms with Crippen LogP contribution in [-0.2, 0) is 6.61 Å². The van der Waals surface area contributed by atoms with Crippen molar-refractivity contribution in [2.45, 2.75) is 6.61 Å². The molecule has 88 valence electrons. The first kappa shape index (κ1) is 12.0. The van der Waals surface area contributed by atoms with Gasteiger partial charge < -0.3 is 10.1 Å². The molecule has 0 aliphatic rings. The first-order chi connectivity index (χ1) is 8.29. The van der Waals surface area contributed by atoms with Gasteiger partial charge in [-0.15, -0.1) is 0 Å². The summed E-state index contributed by atoms with van der Waals surface area (Å²) in [5.41, 5.74) is 2.20. The molecule has 17 heavy (non-hydrogen) atoms. The molecule has 0 spiro atoms. The van der Waals surface area contributed by atoms with Crippen molar-refractivity contribution in [1.29, 1.82) is 0 Å². The number of rotatable bonds is 4. The highest BCUT2D eigenvalue weighted by Crippen LogP contribution is 2.28. The highest BCUT2D eigenvalue weighted by Gasteiger charge is 2.02. The summed E-state index contributed by atoms with van der Waals surface area (Å²) in [5.74, 6) is 0.848. The first-order valence-electron chi connectivity index (χ1n) is 5.43. The maximum absolute atomic E-state index is 5.78. The number of hydrogen-bond donors (Lipinski definition) is 1. The van der Waals surface area contributed by atoms with Crippen LogP contribution in [0.1, 0.15) is 5.56 Å². The Kier molecular flexibility index (Phi) is 4.04. The van der Waals surface area contributed by atoms with E-state index in [2.05, 4.69) is 33.4 Å². The van der Waals surface area contributed by atoms with Gasteiger partial charge in [-0.3, -0.25) is 0 Å². The standard InChI is InChI=1S/C14H14BrNO/c1-16-12-7-8-13(15)14(9-12)17-10-11-5-3-2-4-6-11/h2-9,16H,10H2,1H3. The van der Waals surface area contributed by atoms with E-state index < -0.39 is 0 Å². The van der Waals surface area contributed by atoms with Crippen molar-refractivity contribution < 1.29 is 4.74 Å². The number of ether oxygens (including phenoxy) is 1. The van der Waals surface area contributed by atoms with Gasteiger partial charge in [0.05, 0.1) is 4.47 Å². The summed E-state index contributed by atoms with van der Waals surface area (Å²) in [6, 6.07) is 16.1. The molecule has 0 saturated carbocycles. The van der Waals surface area contributed by atoms with E-state index in [4.69, 9.17) is 4.74 Å². The fourth-order valence-electron chi connectivity index (χ4n) is 1.50. The lowest BCUT2D eigenvalue weighted by molar-refractivity contribution is 0.304. The van der Waals surface area contributed by atoms with E-state index in [0.29, 0.717) is 6.61 Å². The predicted molar refractivity (Wildman–Crippen MR) is 74.5 cm³/mol. The van der Waals surface area contributed by atoms with Gasteiger partial charge in [0.25, 0.3) is 0 Å². The minimum atomic E-state index is 0.576. The fraction of sp³-hybridized carbons (Fsp3) is 0.143. The molecule has 0 heterocycles. The molecule has 0 fully saturated rings. The van der Waals surface area contributed by atoms with Crippen molar-refractivity contribution in [2.24, 2.45) is 0 Å². The molecular formula is C14H14BrNO. The van der Waals surface area contributed by atoms with Crippen LogP contribution in [0.2, 0.25) is 0 Å². The Bertz CT molecular complexity index is 485. The Morgan fingerprint density at radius 2 is 1.88 bits per heavy atom. The zero-order chi connectivity index (χ0) is 12.1. The molecule has 2 nitrogen and oxygen atoms in total. The minimum absolute atomic E-state index is 0.576. The lowest BCUT2D eigenvalue weighted by Gasteiger charge is -2.10. The van der Waals surface area contributed by atoms with Crippen molar-refractivity contribution >= 4 is 21.6 Å². The highest BCUT2D eigenvalue weighted by molar-refractivity contribution is 9.10. The maximum atomic E-state index is 5.78. The third kappa shape index (κ3) is 3.24. The second-order valence-electron chi connectivity index (χ2n) is 3.67.